The molecule has 0 saturated heterocycles. The van der Waals surface area contributed by atoms with Gasteiger partial charge < -0.3 is 10.5 Å². The highest BCUT2D eigenvalue weighted by atomic mass is 16.5. The van der Waals surface area contributed by atoms with E-state index in [0.29, 0.717) is 0 Å². The summed E-state index contributed by atoms with van der Waals surface area (Å²) in [7, 11) is 1.66. The Bertz CT molecular complexity index is 269. The third kappa shape index (κ3) is 1.29. The zero-order chi connectivity index (χ0) is 8.43. The molecule has 2 N–H and O–H groups in total. The fourth-order valence-corrected chi connectivity index (χ4v) is 1.04. The number of nitrogen functional groups attached to an aromatic ring is 1. The molecular formula is C9H13NO. The lowest BCUT2D eigenvalue weighted by atomic mass is 10.1. The quantitative estimate of drug-likeness (QED) is 0.622. The van der Waals surface area contributed by atoms with E-state index in [1.54, 1.807) is 7.11 Å². The van der Waals surface area contributed by atoms with Gasteiger partial charge in [0.15, 0.2) is 0 Å². The Labute approximate surface area is 67.0 Å². The van der Waals surface area contributed by atoms with Gasteiger partial charge in [-0.3, -0.25) is 0 Å². The Balaban J connectivity index is 3.25. The molecule has 2 heteroatoms. The van der Waals surface area contributed by atoms with Crippen LogP contribution in [0.25, 0.3) is 0 Å². The Morgan fingerprint density at radius 1 is 1.18 bits per heavy atom. The van der Waals surface area contributed by atoms with E-state index in [-0.39, 0.29) is 0 Å². The zero-order valence-corrected chi connectivity index (χ0v) is 7.14. The molecule has 0 aliphatic heterocycles. The summed E-state index contributed by atoms with van der Waals surface area (Å²) in [4.78, 5) is 0. The number of rotatable bonds is 1. The number of methoxy groups -OCH3 is 1. The summed E-state index contributed by atoms with van der Waals surface area (Å²) in [6.45, 7) is 4.00. The van der Waals surface area contributed by atoms with Crippen molar-refractivity contribution in [1.82, 2.24) is 0 Å². The average molecular weight is 151 g/mol. The highest BCUT2D eigenvalue weighted by Crippen LogP contribution is 2.24. The maximum absolute atomic E-state index is 5.69. The van der Waals surface area contributed by atoms with Crippen LogP contribution in [0.4, 0.5) is 5.69 Å². The van der Waals surface area contributed by atoms with Crippen LogP contribution in [0.15, 0.2) is 12.1 Å². The van der Waals surface area contributed by atoms with Crippen molar-refractivity contribution in [3.63, 3.8) is 0 Å². The van der Waals surface area contributed by atoms with E-state index in [2.05, 4.69) is 0 Å². The van der Waals surface area contributed by atoms with Gasteiger partial charge in [0, 0.05) is 5.69 Å². The molecule has 0 aliphatic carbocycles. The number of nitrogens with two attached hydrogens (primary N) is 1. The molecule has 0 spiro atoms. The Morgan fingerprint density at radius 2 is 1.82 bits per heavy atom. The fraction of sp³-hybridized carbons (Fsp3) is 0.333. The molecule has 0 heterocycles. The highest BCUT2D eigenvalue weighted by molar-refractivity contribution is 5.54. The molecule has 11 heavy (non-hydrogen) atoms. The molecule has 1 aromatic carbocycles. The van der Waals surface area contributed by atoms with E-state index in [1.165, 1.54) is 0 Å². The first-order valence-electron chi connectivity index (χ1n) is 3.56. The van der Waals surface area contributed by atoms with Crippen LogP contribution in [-0.4, -0.2) is 7.11 Å². The van der Waals surface area contributed by atoms with Gasteiger partial charge in [-0.25, -0.2) is 0 Å². The maximum atomic E-state index is 5.69. The van der Waals surface area contributed by atoms with Gasteiger partial charge in [0.25, 0.3) is 0 Å². The summed E-state index contributed by atoms with van der Waals surface area (Å²) in [6, 6.07) is 3.75. The first kappa shape index (κ1) is 7.92. The second-order valence-electron chi connectivity index (χ2n) is 2.61. The van der Waals surface area contributed by atoms with Crippen LogP contribution in [0.1, 0.15) is 11.1 Å². The van der Waals surface area contributed by atoms with Crippen molar-refractivity contribution in [1.29, 1.82) is 0 Å². The predicted octanol–water partition coefficient (Wildman–Crippen LogP) is 1.89. The maximum Gasteiger partial charge on any atom is 0.122 e. The van der Waals surface area contributed by atoms with E-state index in [0.717, 1.165) is 22.6 Å². The summed E-state index contributed by atoms with van der Waals surface area (Å²) in [6.07, 6.45) is 0. The molecule has 0 fully saturated rings. The van der Waals surface area contributed by atoms with Crippen LogP contribution in [0.5, 0.6) is 5.75 Å². The molecule has 0 radical (unpaired) electrons. The van der Waals surface area contributed by atoms with Crippen LogP contribution in [0.3, 0.4) is 0 Å². The minimum Gasteiger partial charge on any atom is -0.496 e. The number of benzene rings is 1. The minimum absolute atomic E-state index is 0.823. The Morgan fingerprint density at radius 3 is 2.36 bits per heavy atom. The number of hydrogen-bond acceptors (Lipinski definition) is 2. The van der Waals surface area contributed by atoms with Gasteiger partial charge in [0.1, 0.15) is 5.75 Å². The van der Waals surface area contributed by atoms with Crippen molar-refractivity contribution in [3.8, 4) is 5.75 Å². The normalized spacial score (nSPS) is 9.73. The molecule has 0 aliphatic rings. The first-order valence-corrected chi connectivity index (χ1v) is 3.56. The van der Waals surface area contributed by atoms with E-state index in [1.807, 2.05) is 26.0 Å². The standard InChI is InChI=1S/C9H13NO/c1-6-7(2)9(11-3)5-4-8(6)10/h4-5H,10H2,1-3H3. The van der Waals surface area contributed by atoms with Crippen molar-refractivity contribution in [3.05, 3.63) is 23.3 Å². The van der Waals surface area contributed by atoms with Gasteiger partial charge in [0.2, 0.25) is 0 Å². The van der Waals surface area contributed by atoms with Gasteiger partial charge in [-0.1, -0.05) is 0 Å². The Hall–Kier alpha value is -1.18. The lowest BCUT2D eigenvalue weighted by molar-refractivity contribution is 0.411. The van der Waals surface area contributed by atoms with E-state index < -0.39 is 0 Å². The second kappa shape index (κ2) is 2.82. The molecule has 1 rings (SSSR count). The zero-order valence-electron chi connectivity index (χ0n) is 7.14. The molecule has 60 valence electrons. The summed E-state index contributed by atoms with van der Waals surface area (Å²) >= 11 is 0. The van der Waals surface area contributed by atoms with Crippen molar-refractivity contribution < 1.29 is 4.74 Å². The number of anilines is 1. The largest absolute Gasteiger partial charge is 0.496 e. The van der Waals surface area contributed by atoms with Crippen LogP contribution in [0, 0.1) is 13.8 Å². The van der Waals surface area contributed by atoms with E-state index in [9.17, 15) is 0 Å². The summed E-state index contributed by atoms with van der Waals surface area (Å²) in [5.41, 5.74) is 8.73. The van der Waals surface area contributed by atoms with Crippen LogP contribution in [0.2, 0.25) is 0 Å². The van der Waals surface area contributed by atoms with Crippen molar-refractivity contribution in [2.24, 2.45) is 0 Å². The lowest BCUT2D eigenvalue weighted by Crippen LogP contribution is -1.95. The molecule has 0 atom stereocenters. The molecule has 0 bridgehead atoms. The predicted molar refractivity (Wildman–Crippen MR) is 46.9 cm³/mol. The number of ether oxygens (including phenoxy) is 1. The SMILES string of the molecule is COc1ccc(N)c(C)c1C. The first-order chi connectivity index (χ1) is 5.16. The minimum atomic E-state index is 0.823. The lowest BCUT2D eigenvalue weighted by Gasteiger charge is -2.08. The van der Waals surface area contributed by atoms with Crippen LogP contribution >= 0.6 is 0 Å². The van der Waals surface area contributed by atoms with Gasteiger partial charge in [-0.2, -0.15) is 0 Å². The Kier molecular flexibility index (Phi) is 2.03. The van der Waals surface area contributed by atoms with Crippen molar-refractivity contribution in [2.45, 2.75) is 13.8 Å². The van der Waals surface area contributed by atoms with Crippen LogP contribution < -0.4 is 10.5 Å². The summed E-state index contributed by atoms with van der Waals surface area (Å²) < 4.78 is 5.13. The topological polar surface area (TPSA) is 35.2 Å². The van der Waals surface area contributed by atoms with Crippen LogP contribution in [-0.2, 0) is 0 Å². The smallest absolute Gasteiger partial charge is 0.122 e. The molecule has 0 unspecified atom stereocenters. The van der Waals surface area contributed by atoms with E-state index in [4.69, 9.17) is 10.5 Å². The van der Waals surface area contributed by atoms with Gasteiger partial charge >= 0.3 is 0 Å². The molecule has 1 aromatic rings. The third-order valence-corrected chi connectivity index (χ3v) is 2.00. The van der Waals surface area contributed by atoms with Gasteiger partial charge in [0.05, 0.1) is 7.11 Å². The molecule has 0 amide bonds. The summed E-state index contributed by atoms with van der Waals surface area (Å²) in [5, 5.41) is 0. The third-order valence-electron chi connectivity index (χ3n) is 2.00. The van der Waals surface area contributed by atoms with Crippen molar-refractivity contribution >= 4 is 5.69 Å². The van der Waals surface area contributed by atoms with Gasteiger partial charge in [-0.05, 0) is 37.1 Å². The molecule has 0 saturated carbocycles. The van der Waals surface area contributed by atoms with Crippen molar-refractivity contribution in [2.75, 3.05) is 12.8 Å². The average Bonchev–Trinajstić information content (AvgIpc) is 2.01. The fourth-order valence-electron chi connectivity index (χ4n) is 1.04. The molecule has 0 aromatic heterocycles. The molecule has 2 nitrogen and oxygen atoms in total. The second-order valence-corrected chi connectivity index (χ2v) is 2.61. The van der Waals surface area contributed by atoms with E-state index >= 15 is 0 Å². The van der Waals surface area contributed by atoms with Gasteiger partial charge in [-0.15, -0.1) is 0 Å². The molecular weight excluding hydrogens is 138 g/mol. The number of hydrogen-bond donors (Lipinski definition) is 1. The monoisotopic (exact) mass is 151 g/mol. The summed E-state index contributed by atoms with van der Waals surface area (Å²) in [5.74, 6) is 0.900. The highest BCUT2D eigenvalue weighted by Gasteiger charge is 2.02.